The molecule has 6 nitrogen and oxygen atoms in total. The largest absolute Gasteiger partial charge is 0.506 e. The van der Waals surface area contributed by atoms with E-state index in [1.54, 1.807) is 42.5 Å². The summed E-state index contributed by atoms with van der Waals surface area (Å²) in [4.78, 5) is 24.3. The van der Waals surface area contributed by atoms with Crippen LogP contribution < -0.4 is 15.4 Å². The standard InChI is InChI=1S/C24H24N2O4/c1-17-7-12-22(27)21(15-17)26-24(29)19-10-8-18(9-11-19)16-25-23(28)13-14-30-20-5-3-2-4-6-20/h2-12,15,27H,13-14,16H2,1H3,(H,25,28)(H,26,29). The molecule has 0 aliphatic carbocycles. The fourth-order valence-electron chi connectivity index (χ4n) is 2.79. The third-order valence-corrected chi connectivity index (χ3v) is 4.45. The van der Waals surface area contributed by atoms with Crippen LogP contribution in [0.15, 0.2) is 72.8 Å². The molecule has 154 valence electrons. The van der Waals surface area contributed by atoms with Gasteiger partial charge in [0.05, 0.1) is 18.7 Å². The molecule has 0 unspecified atom stereocenters. The van der Waals surface area contributed by atoms with Gasteiger partial charge in [-0.05, 0) is 54.4 Å². The fraction of sp³-hybridized carbons (Fsp3) is 0.167. The summed E-state index contributed by atoms with van der Waals surface area (Å²) in [6.45, 7) is 2.55. The van der Waals surface area contributed by atoms with E-state index in [-0.39, 0.29) is 24.0 Å². The molecule has 0 saturated carbocycles. The van der Waals surface area contributed by atoms with Crippen molar-refractivity contribution in [3.8, 4) is 11.5 Å². The Hall–Kier alpha value is -3.80. The number of phenolic OH excluding ortho intramolecular Hbond substituents is 1. The van der Waals surface area contributed by atoms with E-state index in [1.807, 2.05) is 37.3 Å². The number of anilines is 1. The Morgan fingerprint density at radius 2 is 1.70 bits per heavy atom. The quantitative estimate of drug-likeness (QED) is 0.495. The zero-order chi connectivity index (χ0) is 21.3. The smallest absolute Gasteiger partial charge is 0.255 e. The minimum atomic E-state index is -0.315. The van der Waals surface area contributed by atoms with Crippen molar-refractivity contribution < 1.29 is 19.4 Å². The number of aromatic hydroxyl groups is 1. The first kappa shape index (κ1) is 20.9. The van der Waals surface area contributed by atoms with Crippen molar-refractivity contribution in [3.63, 3.8) is 0 Å². The lowest BCUT2D eigenvalue weighted by atomic mass is 10.1. The minimum Gasteiger partial charge on any atom is -0.506 e. The number of nitrogens with one attached hydrogen (secondary N) is 2. The maximum atomic E-state index is 12.4. The molecule has 0 spiro atoms. The highest BCUT2D eigenvalue weighted by atomic mass is 16.5. The van der Waals surface area contributed by atoms with Crippen LogP contribution in [-0.2, 0) is 11.3 Å². The Balaban J connectivity index is 1.45. The van der Waals surface area contributed by atoms with Gasteiger partial charge in [-0.1, -0.05) is 36.4 Å². The van der Waals surface area contributed by atoms with Gasteiger partial charge in [0.2, 0.25) is 5.91 Å². The van der Waals surface area contributed by atoms with Gasteiger partial charge in [-0.15, -0.1) is 0 Å². The Kier molecular flexibility index (Phi) is 7.05. The van der Waals surface area contributed by atoms with Gasteiger partial charge in [0, 0.05) is 12.1 Å². The average Bonchev–Trinajstić information content (AvgIpc) is 2.76. The van der Waals surface area contributed by atoms with E-state index < -0.39 is 0 Å². The number of para-hydroxylation sites is 1. The van der Waals surface area contributed by atoms with Gasteiger partial charge < -0.3 is 20.5 Å². The second-order valence-electron chi connectivity index (χ2n) is 6.86. The van der Waals surface area contributed by atoms with E-state index in [9.17, 15) is 14.7 Å². The number of carbonyl (C=O) groups is 2. The first-order valence-corrected chi connectivity index (χ1v) is 9.66. The Labute approximate surface area is 175 Å². The van der Waals surface area contributed by atoms with Gasteiger partial charge in [0.1, 0.15) is 11.5 Å². The zero-order valence-electron chi connectivity index (χ0n) is 16.7. The van der Waals surface area contributed by atoms with Crippen molar-refractivity contribution in [1.29, 1.82) is 0 Å². The Morgan fingerprint density at radius 3 is 2.43 bits per heavy atom. The lowest BCUT2D eigenvalue weighted by molar-refractivity contribution is -0.121. The van der Waals surface area contributed by atoms with Crippen molar-refractivity contribution in [2.45, 2.75) is 19.9 Å². The number of amides is 2. The molecule has 3 N–H and O–H groups in total. The number of hydrogen-bond acceptors (Lipinski definition) is 4. The van der Waals surface area contributed by atoms with Crippen LogP contribution in [-0.4, -0.2) is 23.5 Å². The van der Waals surface area contributed by atoms with Gasteiger partial charge in [-0.2, -0.15) is 0 Å². The second-order valence-corrected chi connectivity index (χ2v) is 6.86. The average molecular weight is 404 g/mol. The van der Waals surface area contributed by atoms with Crippen LogP contribution in [0, 0.1) is 6.92 Å². The molecule has 0 saturated heterocycles. The summed E-state index contributed by atoms with van der Waals surface area (Å²) in [6, 6.07) is 21.3. The number of ether oxygens (including phenoxy) is 1. The molecule has 3 aromatic carbocycles. The van der Waals surface area contributed by atoms with E-state index >= 15 is 0 Å². The number of hydrogen-bond donors (Lipinski definition) is 3. The third-order valence-electron chi connectivity index (χ3n) is 4.45. The third kappa shape index (κ3) is 6.10. The molecule has 0 radical (unpaired) electrons. The number of phenols is 1. The van der Waals surface area contributed by atoms with Crippen LogP contribution in [0.5, 0.6) is 11.5 Å². The summed E-state index contributed by atoms with van der Waals surface area (Å²) in [6.07, 6.45) is 0.259. The molecular formula is C24H24N2O4. The lowest BCUT2D eigenvalue weighted by Crippen LogP contribution is -2.24. The summed E-state index contributed by atoms with van der Waals surface area (Å²) in [7, 11) is 0. The zero-order valence-corrected chi connectivity index (χ0v) is 16.7. The number of aryl methyl sites for hydroxylation is 1. The molecule has 0 aliphatic heterocycles. The van der Waals surface area contributed by atoms with Crippen LogP contribution in [0.1, 0.15) is 27.9 Å². The van der Waals surface area contributed by atoms with Crippen LogP contribution in [0.25, 0.3) is 0 Å². The SMILES string of the molecule is Cc1ccc(O)c(NC(=O)c2ccc(CNC(=O)CCOc3ccccc3)cc2)c1. The molecule has 3 rings (SSSR count). The van der Waals surface area contributed by atoms with Crippen LogP contribution in [0.2, 0.25) is 0 Å². The van der Waals surface area contributed by atoms with Crippen molar-refractivity contribution in [2.24, 2.45) is 0 Å². The molecular weight excluding hydrogens is 380 g/mol. The van der Waals surface area contributed by atoms with Gasteiger partial charge in [-0.25, -0.2) is 0 Å². The van der Waals surface area contributed by atoms with E-state index in [0.29, 0.717) is 24.4 Å². The number of rotatable bonds is 8. The predicted octanol–water partition coefficient (Wildman–Crippen LogP) is 4.04. The van der Waals surface area contributed by atoms with Gasteiger partial charge in [0.15, 0.2) is 0 Å². The molecule has 0 aliphatic rings. The summed E-state index contributed by atoms with van der Waals surface area (Å²) >= 11 is 0. The molecule has 0 fully saturated rings. The van der Waals surface area contributed by atoms with E-state index in [1.165, 1.54) is 0 Å². The summed E-state index contributed by atoms with van der Waals surface area (Å²) in [5, 5.41) is 15.4. The van der Waals surface area contributed by atoms with Gasteiger partial charge in [-0.3, -0.25) is 9.59 Å². The van der Waals surface area contributed by atoms with E-state index in [2.05, 4.69) is 10.6 Å². The molecule has 3 aromatic rings. The van der Waals surface area contributed by atoms with Crippen molar-refractivity contribution in [3.05, 3.63) is 89.5 Å². The van der Waals surface area contributed by atoms with Crippen molar-refractivity contribution >= 4 is 17.5 Å². The molecule has 0 aromatic heterocycles. The van der Waals surface area contributed by atoms with Crippen molar-refractivity contribution in [2.75, 3.05) is 11.9 Å². The van der Waals surface area contributed by atoms with Crippen LogP contribution >= 0.6 is 0 Å². The summed E-state index contributed by atoms with van der Waals surface area (Å²) in [5.74, 6) is 0.329. The maximum Gasteiger partial charge on any atom is 0.255 e. The van der Waals surface area contributed by atoms with Crippen molar-refractivity contribution in [1.82, 2.24) is 5.32 Å². The fourth-order valence-corrected chi connectivity index (χ4v) is 2.79. The van der Waals surface area contributed by atoms with Gasteiger partial charge >= 0.3 is 0 Å². The molecule has 0 heterocycles. The molecule has 0 atom stereocenters. The monoisotopic (exact) mass is 404 g/mol. The molecule has 0 bridgehead atoms. The van der Waals surface area contributed by atoms with E-state index in [0.717, 1.165) is 16.9 Å². The topological polar surface area (TPSA) is 87.7 Å². The van der Waals surface area contributed by atoms with Crippen LogP contribution in [0.4, 0.5) is 5.69 Å². The first-order valence-electron chi connectivity index (χ1n) is 9.66. The summed E-state index contributed by atoms with van der Waals surface area (Å²) in [5.41, 5.74) is 2.64. The molecule has 6 heteroatoms. The second kappa shape index (κ2) is 10.1. The number of benzene rings is 3. The Morgan fingerprint density at radius 1 is 0.967 bits per heavy atom. The van der Waals surface area contributed by atoms with E-state index in [4.69, 9.17) is 4.74 Å². The minimum absolute atomic E-state index is 0.0181. The highest BCUT2D eigenvalue weighted by Gasteiger charge is 2.09. The molecule has 30 heavy (non-hydrogen) atoms. The highest BCUT2D eigenvalue weighted by Crippen LogP contribution is 2.24. The predicted molar refractivity (Wildman–Crippen MR) is 116 cm³/mol. The maximum absolute atomic E-state index is 12.4. The highest BCUT2D eigenvalue weighted by molar-refractivity contribution is 6.05. The first-order chi connectivity index (χ1) is 14.5. The van der Waals surface area contributed by atoms with Gasteiger partial charge in [0.25, 0.3) is 5.91 Å². The summed E-state index contributed by atoms with van der Waals surface area (Å²) < 4.78 is 5.51. The normalized spacial score (nSPS) is 10.3. The number of carbonyl (C=O) groups excluding carboxylic acids is 2. The van der Waals surface area contributed by atoms with Crippen LogP contribution in [0.3, 0.4) is 0 Å². The molecule has 2 amide bonds. The Bertz CT molecular complexity index is 1000. The lowest BCUT2D eigenvalue weighted by Gasteiger charge is -2.10.